The maximum Gasteiger partial charge on any atom is 0.0922 e. The summed E-state index contributed by atoms with van der Waals surface area (Å²) in [6.07, 6.45) is 0. The van der Waals surface area contributed by atoms with Crippen molar-refractivity contribution in [3.05, 3.63) is 108 Å². The normalized spacial score (nSPS) is 10.6. The third-order valence-corrected chi connectivity index (χ3v) is 3.69. The van der Waals surface area contributed by atoms with E-state index in [-0.39, 0.29) is 0 Å². The highest BCUT2D eigenvalue weighted by Crippen LogP contribution is 2.33. The van der Waals surface area contributed by atoms with Crippen LogP contribution in [0.15, 0.2) is 91.0 Å². The number of rotatable bonds is 3. The fourth-order valence-electron chi connectivity index (χ4n) is 2.60. The van der Waals surface area contributed by atoms with Crippen LogP contribution in [0.2, 0.25) is 0 Å². The molecule has 23 heavy (non-hydrogen) atoms. The fourth-order valence-corrected chi connectivity index (χ4v) is 2.60. The molecule has 0 aliphatic heterocycles. The Morgan fingerprint density at radius 1 is 0.652 bits per heavy atom. The molecule has 0 bridgehead atoms. The summed E-state index contributed by atoms with van der Waals surface area (Å²) in [7, 11) is 0. The van der Waals surface area contributed by atoms with Crippen LogP contribution < -0.4 is 5.73 Å². The van der Waals surface area contributed by atoms with Crippen molar-refractivity contribution < 1.29 is 0 Å². The van der Waals surface area contributed by atoms with Crippen LogP contribution in [-0.4, -0.2) is 5.75 Å². The van der Waals surface area contributed by atoms with Crippen LogP contribution >= 0.6 is 12.6 Å². The Morgan fingerprint density at radius 2 is 0.870 bits per heavy atom. The summed E-state index contributed by atoms with van der Waals surface area (Å²) in [5.41, 5.74) is 9.53. The lowest BCUT2D eigenvalue weighted by molar-refractivity contribution is 0.653. The molecule has 0 heterocycles. The first kappa shape index (κ1) is 17.3. The van der Waals surface area contributed by atoms with E-state index in [0.717, 1.165) is 22.4 Å². The number of benzene rings is 3. The fraction of sp³-hybridized carbons (Fsp3) is 0.143. The summed E-state index contributed by atoms with van der Waals surface area (Å²) in [6.45, 7) is 1.99. The molecule has 0 atom stereocenters. The zero-order valence-electron chi connectivity index (χ0n) is 13.4. The summed E-state index contributed by atoms with van der Waals surface area (Å²) in [6, 6.07) is 30.7. The molecule has 0 aliphatic rings. The Labute approximate surface area is 144 Å². The maximum atomic E-state index is 6.86. The Morgan fingerprint density at radius 3 is 1.09 bits per heavy atom. The standard InChI is InChI=1S/C19H17N.C2H6S/c20-19(16-10-4-1-5-11-16,17-12-6-2-7-13-17)18-14-8-3-9-15-18;1-2-3/h1-15H,20H2;3H,2H2,1H3. The molecule has 0 aromatic heterocycles. The van der Waals surface area contributed by atoms with Gasteiger partial charge in [0.1, 0.15) is 0 Å². The van der Waals surface area contributed by atoms with Crippen LogP contribution in [0.25, 0.3) is 0 Å². The zero-order valence-corrected chi connectivity index (χ0v) is 14.3. The zero-order chi connectivity index (χ0) is 16.5. The van der Waals surface area contributed by atoms with Crippen LogP contribution in [0.3, 0.4) is 0 Å². The largest absolute Gasteiger partial charge is 0.314 e. The first-order valence-electron chi connectivity index (χ1n) is 7.79. The van der Waals surface area contributed by atoms with Gasteiger partial charge in [-0.15, -0.1) is 0 Å². The minimum absolute atomic E-state index is 0.621. The highest BCUT2D eigenvalue weighted by Gasteiger charge is 2.31. The summed E-state index contributed by atoms with van der Waals surface area (Å²) in [5, 5.41) is 0. The van der Waals surface area contributed by atoms with Gasteiger partial charge in [-0.25, -0.2) is 0 Å². The number of nitrogens with two attached hydrogens (primary N) is 1. The van der Waals surface area contributed by atoms with E-state index in [1.165, 1.54) is 0 Å². The van der Waals surface area contributed by atoms with Crippen molar-refractivity contribution >= 4 is 12.6 Å². The van der Waals surface area contributed by atoms with Crippen molar-refractivity contribution in [2.75, 3.05) is 5.75 Å². The van der Waals surface area contributed by atoms with Crippen LogP contribution in [0, 0.1) is 0 Å². The lowest BCUT2D eigenvalue weighted by Crippen LogP contribution is -2.39. The molecule has 0 saturated carbocycles. The Balaban J connectivity index is 0.000000595. The third kappa shape index (κ3) is 4.04. The third-order valence-electron chi connectivity index (χ3n) is 3.69. The second-order valence-electron chi connectivity index (χ2n) is 5.22. The van der Waals surface area contributed by atoms with Crippen molar-refractivity contribution in [1.82, 2.24) is 0 Å². The van der Waals surface area contributed by atoms with Gasteiger partial charge in [0.2, 0.25) is 0 Å². The minimum atomic E-state index is -0.621. The summed E-state index contributed by atoms with van der Waals surface area (Å²) in [5.74, 6) is 0.944. The SMILES string of the molecule is CCS.NC(c1ccccc1)(c1ccccc1)c1ccccc1. The number of hydrogen-bond acceptors (Lipinski definition) is 2. The Hall–Kier alpha value is -2.03. The molecule has 1 nitrogen and oxygen atoms in total. The Kier molecular flexibility index (Phi) is 6.45. The van der Waals surface area contributed by atoms with Gasteiger partial charge < -0.3 is 5.73 Å². The summed E-state index contributed by atoms with van der Waals surface area (Å²) < 4.78 is 0. The van der Waals surface area contributed by atoms with Gasteiger partial charge in [-0.3, -0.25) is 0 Å². The maximum absolute atomic E-state index is 6.86. The highest BCUT2D eigenvalue weighted by molar-refractivity contribution is 7.80. The van der Waals surface area contributed by atoms with Crippen molar-refractivity contribution in [2.24, 2.45) is 5.73 Å². The molecule has 2 heteroatoms. The molecule has 0 aliphatic carbocycles. The van der Waals surface area contributed by atoms with E-state index in [1.807, 2.05) is 61.5 Å². The van der Waals surface area contributed by atoms with Crippen LogP contribution in [0.5, 0.6) is 0 Å². The number of hydrogen-bond donors (Lipinski definition) is 2. The van der Waals surface area contributed by atoms with Crippen molar-refractivity contribution in [3.8, 4) is 0 Å². The van der Waals surface area contributed by atoms with E-state index in [2.05, 4.69) is 49.0 Å². The van der Waals surface area contributed by atoms with Gasteiger partial charge in [0, 0.05) is 0 Å². The second kappa shape index (κ2) is 8.56. The van der Waals surface area contributed by atoms with Gasteiger partial charge in [-0.1, -0.05) is 97.9 Å². The quantitative estimate of drug-likeness (QED) is 0.522. The van der Waals surface area contributed by atoms with Crippen LogP contribution in [0.4, 0.5) is 0 Å². The van der Waals surface area contributed by atoms with E-state index in [4.69, 9.17) is 5.73 Å². The van der Waals surface area contributed by atoms with Crippen molar-refractivity contribution in [2.45, 2.75) is 12.5 Å². The molecule has 0 radical (unpaired) electrons. The predicted molar refractivity (Wildman–Crippen MR) is 103 cm³/mol. The van der Waals surface area contributed by atoms with Crippen LogP contribution in [-0.2, 0) is 5.54 Å². The van der Waals surface area contributed by atoms with E-state index in [1.54, 1.807) is 0 Å². The van der Waals surface area contributed by atoms with Crippen molar-refractivity contribution in [1.29, 1.82) is 0 Å². The molecule has 3 rings (SSSR count). The molecule has 118 valence electrons. The molecular formula is C21H23NS. The smallest absolute Gasteiger partial charge is 0.0922 e. The average molecular weight is 321 g/mol. The molecule has 2 N–H and O–H groups in total. The topological polar surface area (TPSA) is 26.0 Å². The van der Waals surface area contributed by atoms with Gasteiger partial charge in [0.15, 0.2) is 0 Å². The Bertz CT molecular complexity index is 584. The molecule has 3 aromatic rings. The summed E-state index contributed by atoms with van der Waals surface area (Å²) >= 11 is 3.79. The molecule has 0 amide bonds. The van der Waals surface area contributed by atoms with Gasteiger partial charge in [0.25, 0.3) is 0 Å². The first-order chi connectivity index (χ1) is 11.2. The molecule has 0 unspecified atom stereocenters. The van der Waals surface area contributed by atoms with Gasteiger partial charge in [-0.05, 0) is 22.4 Å². The molecular weight excluding hydrogens is 298 g/mol. The van der Waals surface area contributed by atoms with E-state index < -0.39 is 5.54 Å². The van der Waals surface area contributed by atoms with E-state index >= 15 is 0 Å². The summed E-state index contributed by atoms with van der Waals surface area (Å²) in [4.78, 5) is 0. The lowest BCUT2D eigenvalue weighted by Gasteiger charge is -2.31. The predicted octanol–water partition coefficient (Wildman–Crippen LogP) is 4.87. The molecule has 0 fully saturated rings. The highest BCUT2D eigenvalue weighted by atomic mass is 32.1. The molecule has 3 aromatic carbocycles. The van der Waals surface area contributed by atoms with E-state index in [9.17, 15) is 0 Å². The van der Waals surface area contributed by atoms with E-state index in [0.29, 0.717) is 0 Å². The second-order valence-corrected chi connectivity index (χ2v) is 5.85. The molecule has 0 spiro atoms. The van der Waals surface area contributed by atoms with Gasteiger partial charge in [0.05, 0.1) is 5.54 Å². The van der Waals surface area contributed by atoms with Crippen molar-refractivity contribution in [3.63, 3.8) is 0 Å². The minimum Gasteiger partial charge on any atom is -0.314 e. The van der Waals surface area contributed by atoms with Gasteiger partial charge in [-0.2, -0.15) is 12.6 Å². The molecule has 0 saturated heterocycles. The number of thiol groups is 1. The van der Waals surface area contributed by atoms with Gasteiger partial charge >= 0.3 is 0 Å². The first-order valence-corrected chi connectivity index (χ1v) is 8.43. The lowest BCUT2D eigenvalue weighted by atomic mass is 9.78. The average Bonchev–Trinajstić information content (AvgIpc) is 2.64. The monoisotopic (exact) mass is 321 g/mol. The van der Waals surface area contributed by atoms with Crippen LogP contribution in [0.1, 0.15) is 23.6 Å².